The molecule has 3 rings (SSSR count). The quantitative estimate of drug-likeness (QED) is 0.846. The number of aryl methyl sites for hydroxylation is 1. The standard InChI is InChI=1S/C18H23N3/c19-14-15-7-8-16-9-12-21(18(16)13-15)11-4-10-20-17-5-2-1-3-6-17/h7-9,12-13,17,20H,1-6,10-11H2. The lowest BCUT2D eigenvalue weighted by molar-refractivity contribution is 0.369. The molecule has 1 aliphatic rings. The molecule has 1 saturated carbocycles. The number of rotatable bonds is 5. The van der Waals surface area contributed by atoms with Gasteiger partial charge in [0.1, 0.15) is 0 Å². The normalized spacial score (nSPS) is 16.1. The predicted molar refractivity (Wildman–Crippen MR) is 86.1 cm³/mol. The minimum absolute atomic E-state index is 0.739. The molecule has 0 amide bonds. The van der Waals surface area contributed by atoms with Gasteiger partial charge in [0, 0.05) is 24.3 Å². The molecule has 1 aliphatic carbocycles. The molecule has 21 heavy (non-hydrogen) atoms. The zero-order chi connectivity index (χ0) is 14.5. The lowest BCUT2D eigenvalue weighted by Crippen LogP contribution is -2.32. The second-order valence-corrected chi connectivity index (χ2v) is 6.04. The van der Waals surface area contributed by atoms with Crippen molar-refractivity contribution in [2.75, 3.05) is 6.54 Å². The molecule has 3 nitrogen and oxygen atoms in total. The third kappa shape index (κ3) is 3.46. The summed E-state index contributed by atoms with van der Waals surface area (Å²) in [6, 6.07) is 11.0. The van der Waals surface area contributed by atoms with Gasteiger partial charge in [-0.1, -0.05) is 25.3 Å². The molecule has 0 saturated heterocycles. The first-order valence-corrected chi connectivity index (χ1v) is 8.09. The van der Waals surface area contributed by atoms with E-state index in [1.807, 2.05) is 18.2 Å². The van der Waals surface area contributed by atoms with E-state index >= 15 is 0 Å². The van der Waals surface area contributed by atoms with Crippen LogP contribution in [0.15, 0.2) is 30.5 Å². The van der Waals surface area contributed by atoms with E-state index in [9.17, 15) is 0 Å². The van der Waals surface area contributed by atoms with Gasteiger partial charge in [0.25, 0.3) is 0 Å². The van der Waals surface area contributed by atoms with E-state index in [-0.39, 0.29) is 0 Å². The highest BCUT2D eigenvalue weighted by atomic mass is 15.0. The topological polar surface area (TPSA) is 40.8 Å². The summed E-state index contributed by atoms with van der Waals surface area (Å²) >= 11 is 0. The van der Waals surface area contributed by atoms with E-state index in [1.54, 1.807) is 0 Å². The van der Waals surface area contributed by atoms with E-state index < -0.39 is 0 Å². The SMILES string of the molecule is N#Cc1ccc2ccn(CCCNC3CCCCC3)c2c1. The minimum Gasteiger partial charge on any atom is -0.347 e. The second-order valence-electron chi connectivity index (χ2n) is 6.04. The van der Waals surface area contributed by atoms with Crippen molar-refractivity contribution in [3.63, 3.8) is 0 Å². The molecule has 0 spiro atoms. The van der Waals surface area contributed by atoms with Gasteiger partial charge in [0.05, 0.1) is 11.6 Å². The van der Waals surface area contributed by atoms with Gasteiger partial charge in [0.15, 0.2) is 0 Å². The average molecular weight is 281 g/mol. The molecule has 1 fully saturated rings. The van der Waals surface area contributed by atoms with Gasteiger partial charge in [-0.25, -0.2) is 0 Å². The fourth-order valence-electron chi connectivity index (χ4n) is 3.31. The maximum atomic E-state index is 9.01. The summed E-state index contributed by atoms with van der Waals surface area (Å²) in [6.07, 6.45) is 10.1. The largest absolute Gasteiger partial charge is 0.347 e. The molecule has 1 heterocycles. The lowest BCUT2D eigenvalue weighted by Gasteiger charge is -2.22. The Kier molecular flexibility index (Phi) is 4.57. The van der Waals surface area contributed by atoms with Crippen molar-refractivity contribution in [2.24, 2.45) is 0 Å². The van der Waals surface area contributed by atoms with Crippen LogP contribution in [0.25, 0.3) is 10.9 Å². The smallest absolute Gasteiger partial charge is 0.0992 e. The molecule has 0 unspecified atom stereocenters. The van der Waals surface area contributed by atoms with E-state index in [4.69, 9.17) is 5.26 Å². The van der Waals surface area contributed by atoms with Crippen LogP contribution in [0.3, 0.4) is 0 Å². The van der Waals surface area contributed by atoms with Crippen LogP contribution in [0.5, 0.6) is 0 Å². The Morgan fingerprint density at radius 1 is 1.19 bits per heavy atom. The summed E-state index contributed by atoms with van der Waals surface area (Å²) in [4.78, 5) is 0. The van der Waals surface area contributed by atoms with Crippen LogP contribution in [0.4, 0.5) is 0 Å². The fraction of sp³-hybridized carbons (Fsp3) is 0.500. The minimum atomic E-state index is 0.739. The van der Waals surface area contributed by atoms with E-state index in [1.165, 1.54) is 43.0 Å². The maximum absolute atomic E-state index is 9.01. The molecule has 1 aromatic carbocycles. The first-order valence-electron chi connectivity index (χ1n) is 8.09. The number of nitrogens with zero attached hydrogens (tertiary/aromatic N) is 2. The van der Waals surface area contributed by atoms with Crippen LogP contribution in [0, 0.1) is 11.3 Å². The van der Waals surface area contributed by atoms with Crippen LogP contribution in [0.2, 0.25) is 0 Å². The van der Waals surface area contributed by atoms with Crippen LogP contribution < -0.4 is 5.32 Å². The Morgan fingerprint density at radius 3 is 2.86 bits per heavy atom. The van der Waals surface area contributed by atoms with E-state index in [2.05, 4.69) is 28.2 Å². The number of hydrogen-bond donors (Lipinski definition) is 1. The predicted octanol–water partition coefficient (Wildman–Crippen LogP) is 3.83. The van der Waals surface area contributed by atoms with Gasteiger partial charge in [-0.3, -0.25) is 0 Å². The van der Waals surface area contributed by atoms with Crippen molar-refractivity contribution in [3.05, 3.63) is 36.0 Å². The third-order valence-corrected chi connectivity index (χ3v) is 4.52. The number of fused-ring (bicyclic) bond motifs is 1. The highest BCUT2D eigenvalue weighted by Crippen LogP contribution is 2.19. The van der Waals surface area contributed by atoms with E-state index in [0.717, 1.165) is 31.1 Å². The lowest BCUT2D eigenvalue weighted by atomic mass is 9.95. The zero-order valence-electron chi connectivity index (χ0n) is 12.5. The Morgan fingerprint density at radius 2 is 2.05 bits per heavy atom. The summed E-state index contributed by atoms with van der Waals surface area (Å²) in [5.74, 6) is 0. The number of nitriles is 1. The summed E-state index contributed by atoms with van der Waals surface area (Å²) in [5, 5.41) is 13.9. The summed E-state index contributed by atoms with van der Waals surface area (Å²) < 4.78 is 2.26. The molecule has 3 heteroatoms. The van der Waals surface area contributed by atoms with Crippen molar-refractivity contribution in [1.82, 2.24) is 9.88 Å². The number of aromatic nitrogens is 1. The summed E-state index contributed by atoms with van der Waals surface area (Å²) in [7, 11) is 0. The van der Waals surface area contributed by atoms with Crippen LogP contribution in [-0.2, 0) is 6.54 Å². The van der Waals surface area contributed by atoms with Gasteiger partial charge < -0.3 is 9.88 Å². The zero-order valence-corrected chi connectivity index (χ0v) is 12.5. The molecule has 0 radical (unpaired) electrons. The number of hydrogen-bond acceptors (Lipinski definition) is 2. The summed E-state index contributed by atoms with van der Waals surface area (Å²) in [6.45, 7) is 2.10. The highest BCUT2D eigenvalue weighted by molar-refractivity contribution is 5.81. The molecule has 0 bridgehead atoms. The Balaban J connectivity index is 1.54. The monoisotopic (exact) mass is 281 g/mol. The van der Waals surface area contributed by atoms with Crippen LogP contribution >= 0.6 is 0 Å². The Bertz CT molecular complexity index is 629. The van der Waals surface area contributed by atoms with Gasteiger partial charge in [-0.15, -0.1) is 0 Å². The number of benzene rings is 1. The maximum Gasteiger partial charge on any atom is 0.0992 e. The van der Waals surface area contributed by atoms with Crippen molar-refractivity contribution in [3.8, 4) is 6.07 Å². The molecule has 0 atom stereocenters. The first kappa shape index (κ1) is 14.2. The first-order chi connectivity index (χ1) is 10.4. The van der Waals surface area contributed by atoms with Crippen LogP contribution in [-0.4, -0.2) is 17.2 Å². The molecular formula is C18H23N3. The Labute approximate surface area is 126 Å². The highest BCUT2D eigenvalue weighted by Gasteiger charge is 2.11. The molecule has 110 valence electrons. The third-order valence-electron chi connectivity index (χ3n) is 4.52. The Hall–Kier alpha value is -1.79. The number of nitrogens with one attached hydrogen (secondary N) is 1. The molecule has 1 N–H and O–H groups in total. The van der Waals surface area contributed by atoms with Crippen molar-refractivity contribution < 1.29 is 0 Å². The summed E-state index contributed by atoms with van der Waals surface area (Å²) in [5.41, 5.74) is 1.91. The van der Waals surface area contributed by atoms with Crippen molar-refractivity contribution >= 4 is 10.9 Å². The molecule has 0 aliphatic heterocycles. The van der Waals surface area contributed by atoms with Gasteiger partial charge in [-0.2, -0.15) is 5.26 Å². The molecular weight excluding hydrogens is 258 g/mol. The van der Waals surface area contributed by atoms with Crippen LogP contribution in [0.1, 0.15) is 44.1 Å². The molecule has 2 aromatic rings. The van der Waals surface area contributed by atoms with Gasteiger partial charge in [0.2, 0.25) is 0 Å². The van der Waals surface area contributed by atoms with Crippen molar-refractivity contribution in [2.45, 2.75) is 51.1 Å². The average Bonchev–Trinajstić information content (AvgIpc) is 2.95. The van der Waals surface area contributed by atoms with Gasteiger partial charge >= 0.3 is 0 Å². The second kappa shape index (κ2) is 6.78. The van der Waals surface area contributed by atoms with Gasteiger partial charge in [-0.05, 0) is 49.4 Å². The molecule has 1 aromatic heterocycles. The van der Waals surface area contributed by atoms with Crippen molar-refractivity contribution in [1.29, 1.82) is 5.26 Å². The fourth-order valence-corrected chi connectivity index (χ4v) is 3.31. The van der Waals surface area contributed by atoms with E-state index in [0.29, 0.717) is 0 Å².